The van der Waals surface area contributed by atoms with Gasteiger partial charge in [0.1, 0.15) is 0 Å². The smallest absolute Gasteiger partial charge is 0.340 e. The van der Waals surface area contributed by atoms with Crippen LogP contribution >= 0.6 is 23.2 Å². The molecule has 2 aromatic carbocycles. The van der Waals surface area contributed by atoms with Crippen molar-refractivity contribution < 1.29 is 14.3 Å². The molecule has 0 aliphatic rings. The number of esters is 1. The number of amides is 1. The van der Waals surface area contributed by atoms with Crippen molar-refractivity contribution in [1.29, 1.82) is 0 Å². The Morgan fingerprint density at radius 3 is 2.52 bits per heavy atom. The summed E-state index contributed by atoms with van der Waals surface area (Å²) in [5.41, 5.74) is 1.52. The molecule has 0 radical (unpaired) electrons. The fourth-order valence-electron chi connectivity index (χ4n) is 2.15. The Labute approximate surface area is 156 Å². The van der Waals surface area contributed by atoms with Crippen molar-refractivity contribution in [3.8, 4) is 0 Å². The van der Waals surface area contributed by atoms with Crippen LogP contribution in [0.3, 0.4) is 0 Å². The zero-order valence-corrected chi connectivity index (χ0v) is 15.2. The molecule has 0 unspecified atom stereocenters. The molecule has 0 fully saturated rings. The van der Waals surface area contributed by atoms with Gasteiger partial charge in [-0.15, -0.1) is 0 Å². The fourth-order valence-corrected chi connectivity index (χ4v) is 2.50. The van der Waals surface area contributed by atoms with E-state index in [0.717, 1.165) is 0 Å². The molecule has 0 bridgehead atoms. The van der Waals surface area contributed by atoms with E-state index in [1.165, 1.54) is 0 Å². The van der Waals surface area contributed by atoms with Crippen LogP contribution in [-0.2, 0) is 9.53 Å². The molecule has 0 atom stereocenters. The van der Waals surface area contributed by atoms with Gasteiger partial charge in [-0.05, 0) is 31.2 Å². The molecule has 132 valence electrons. The summed E-state index contributed by atoms with van der Waals surface area (Å²) in [6.07, 6.45) is 0.194. The molecule has 0 aromatic heterocycles. The molecule has 5 nitrogen and oxygen atoms in total. The largest absolute Gasteiger partial charge is 0.462 e. The van der Waals surface area contributed by atoms with Crippen LogP contribution in [0.5, 0.6) is 0 Å². The average molecular weight is 381 g/mol. The molecule has 0 aliphatic carbocycles. The highest BCUT2D eigenvalue weighted by molar-refractivity contribution is 6.43. The number of hydrogen-bond acceptors (Lipinski definition) is 4. The number of benzene rings is 2. The average Bonchev–Trinajstić information content (AvgIpc) is 2.59. The number of hydrogen-bond donors (Lipinski definition) is 2. The van der Waals surface area contributed by atoms with Crippen LogP contribution in [0, 0.1) is 0 Å². The maximum absolute atomic E-state index is 12.0. The van der Waals surface area contributed by atoms with E-state index in [1.807, 2.05) is 0 Å². The third-order valence-corrected chi connectivity index (χ3v) is 4.13. The van der Waals surface area contributed by atoms with Gasteiger partial charge < -0.3 is 15.4 Å². The van der Waals surface area contributed by atoms with Gasteiger partial charge in [-0.25, -0.2) is 4.79 Å². The summed E-state index contributed by atoms with van der Waals surface area (Å²) in [7, 11) is 0. The quantitative estimate of drug-likeness (QED) is 0.688. The monoisotopic (exact) mass is 380 g/mol. The van der Waals surface area contributed by atoms with E-state index in [-0.39, 0.29) is 12.3 Å². The fraction of sp³-hybridized carbons (Fsp3) is 0.222. The predicted molar refractivity (Wildman–Crippen MR) is 101 cm³/mol. The third kappa shape index (κ3) is 5.37. The summed E-state index contributed by atoms with van der Waals surface area (Å²) in [4.78, 5) is 23.9. The number of rotatable bonds is 7. The second-order valence-corrected chi connectivity index (χ2v) is 5.88. The Hall–Kier alpha value is -2.24. The summed E-state index contributed by atoms with van der Waals surface area (Å²) in [5, 5.41) is 6.46. The van der Waals surface area contributed by atoms with Crippen LogP contribution in [0.4, 0.5) is 11.4 Å². The van der Waals surface area contributed by atoms with Gasteiger partial charge in [0.25, 0.3) is 0 Å². The molecule has 1 amide bonds. The summed E-state index contributed by atoms with van der Waals surface area (Å²) >= 11 is 12.0. The number of carbonyl (C=O) groups excluding carboxylic acids is 2. The minimum Gasteiger partial charge on any atom is -0.462 e. The predicted octanol–water partition coefficient (Wildman–Crippen LogP) is 4.61. The highest BCUT2D eigenvalue weighted by Gasteiger charge is 2.12. The minimum absolute atomic E-state index is 0.194. The van der Waals surface area contributed by atoms with Crippen LogP contribution in [0.2, 0.25) is 10.0 Å². The van der Waals surface area contributed by atoms with Gasteiger partial charge in [-0.1, -0.05) is 41.4 Å². The normalized spacial score (nSPS) is 10.2. The zero-order chi connectivity index (χ0) is 18.2. The molecule has 0 saturated carbocycles. The number of carbonyl (C=O) groups is 2. The Balaban J connectivity index is 1.91. The van der Waals surface area contributed by atoms with Crippen molar-refractivity contribution >= 4 is 46.5 Å². The molecule has 25 heavy (non-hydrogen) atoms. The molecular weight excluding hydrogens is 363 g/mol. The molecule has 7 heteroatoms. The Morgan fingerprint density at radius 1 is 1.04 bits per heavy atom. The maximum atomic E-state index is 12.0. The highest BCUT2D eigenvalue weighted by Crippen LogP contribution is 2.29. The summed E-state index contributed by atoms with van der Waals surface area (Å²) in [5.74, 6) is -0.619. The second-order valence-electron chi connectivity index (χ2n) is 5.09. The minimum atomic E-state index is -0.402. The molecule has 0 heterocycles. The van der Waals surface area contributed by atoms with Gasteiger partial charge in [0.2, 0.25) is 5.91 Å². The SMILES string of the molecule is CCOC(=O)c1ccccc1NCCC(=O)Nc1cccc(Cl)c1Cl. The van der Waals surface area contributed by atoms with Crippen molar-refractivity contribution in [3.05, 3.63) is 58.1 Å². The van der Waals surface area contributed by atoms with Crippen LogP contribution in [-0.4, -0.2) is 25.0 Å². The third-order valence-electron chi connectivity index (χ3n) is 3.32. The maximum Gasteiger partial charge on any atom is 0.340 e. The molecule has 0 spiro atoms. The number of ether oxygens (including phenoxy) is 1. The number of nitrogens with one attached hydrogen (secondary N) is 2. The first-order chi connectivity index (χ1) is 12.0. The van der Waals surface area contributed by atoms with Crippen molar-refractivity contribution in [2.24, 2.45) is 0 Å². The van der Waals surface area contributed by atoms with Gasteiger partial charge in [0.15, 0.2) is 0 Å². The Bertz CT molecular complexity index is 766. The van der Waals surface area contributed by atoms with E-state index in [2.05, 4.69) is 10.6 Å². The second kappa shape index (κ2) is 9.30. The number of halogens is 2. The van der Waals surface area contributed by atoms with E-state index in [1.54, 1.807) is 49.4 Å². The van der Waals surface area contributed by atoms with E-state index in [0.29, 0.717) is 40.1 Å². The molecule has 0 saturated heterocycles. The molecule has 0 aliphatic heterocycles. The van der Waals surface area contributed by atoms with Gasteiger partial charge in [0, 0.05) is 18.7 Å². The number of anilines is 2. The van der Waals surface area contributed by atoms with Crippen LogP contribution in [0.25, 0.3) is 0 Å². The van der Waals surface area contributed by atoms with Gasteiger partial charge in [-0.3, -0.25) is 4.79 Å². The number of para-hydroxylation sites is 1. The van der Waals surface area contributed by atoms with Crippen LogP contribution in [0.1, 0.15) is 23.7 Å². The van der Waals surface area contributed by atoms with Gasteiger partial charge >= 0.3 is 5.97 Å². The van der Waals surface area contributed by atoms with E-state index in [4.69, 9.17) is 27.9 Å². The first-order valence-corrected chi connectivity index (χ1v) is 8.52. The lowest BCUT2D eigenvalue weighted by Crippen LogP contribution is -2.17. The first-order valence-electron chi connectivity index (χ1n) is 7.76. The molecule has 2 aromatic rings. The summed E-state index contributed by atoms with van der Waals surface area (Å²) in [6, 6.07) is 12.0. The van der Waals surface area contributed by atoms with E-state index in [9.17, 15) is 9.59 Å². The van der Waals surface area contributed by atoms with Gasteiger partial charge in [0.05, 0.1) is 27.9 Å². The zero-order valence-electron chi connectivity index (χ0n) is 13.6. The van der Waals surface area contributed by atoms with Crippen LogP contribution < -0.4 is 10.6 Å². The molecular formula is C18H18Cl2N2O3. The van der Waals surface area contributed by atoms with Crippen molar-refractivity contribution in [1.82, 2.24) is 0 Å². The van der Waals surface area contributed by atoms with Crippen molar-refractivity contribution in [2.45, 2.75) is 13.3 Å². The topological polar surface area (TPSA) is 67.4 Å². The summed E-state index contributed by atoms with van der Waals surface area (Å²) < 4.78 is 5.01. The molecule has 2 rings (SSSR count). The lowest BCUT2D eigenvalue weighted by Gasteiger charge is -2.12. The standard InChI is InChI=1S/C18H18Cl2N2O3/c1-2-25-18(24)12-6-3-4-8-14(12)21-11-10-16(23)22-15-9-5-7-13(19)17(15)20/h3-9,21H,2,10-11H2,1H3,(H,22,23). The van der Waals surface area contributed by atoms with Crippen molar-refractivity contribution in [3.63, 3.8) is 0 Å². The summed E-state index contributed by atoms with van der Waals surface area (Å²) in [6.45, 7) is 2.40. The lowest BCUT2D eigenvalue weighted by atomic mass is 10.1. The molecule has 2 N–H and O–H groups in total. The van der Waals surface area contributed by atoms with Crippen molar-refractivity contribution in [2.75, 3.05) is 23.8 Å². The van der Waals surface area contributed by atoms with Gasteiger partial charge in [-0.2, -0.15) is 0 Å². The van der Waals surface area contributed by atoms with E-state index >= 15 is 0 Å². The first kappa shape index (κ1) is 19.1. The van der Waals surface area contributed by atoms with Crippen LogP contribution in [0.15, 0.2) is 42.5 Å². The Morgan fingerprint density at radius 2 is 1.76 bits per heavy atom. The Kier molecular flexibility index (Phi) is 7.10. The lowest BCUT2D eigenvalue weighted by molar-refractivity contribution is -0.115. The van der Waals surface area contributed by atoms with E-state index < -0.39 is 5.97 Å². The highest BCUT2D eigenvalue weighted by atomic mass is 35.5.